The zero-order valence-electron chi connectivity index (χ0n) is 14.5. The van der Waals surface area contributed by atoms with Gasteiger partial charge in [0.2, 0.25) is 0 Å². The fourth-order valence-corrected chi connectivity index (χ4v) is 2.47. The molecule has 1 heterocycles. The van der Waals surface area contributed by atoms with E-state index >= 15 is 0 Å². The smallest absolute Gasteiger partial charge is 0.422 e. The lowest BCUT2D eigenvalue weighted by molar-refractivity contribution is -0.0674. The third-order valence-electron chi connectivity index (χ3n) is 3.60. The minimum absolute atomic E-state index is 0.438. The standard InChI is InChI=1S/C17H23N3O4/c1-16(2,3)24-15(22)20-19-13-11-8-10(9-18)6-7-12(11)23-17(4,5)14(13)21/h6-8,13-14,19,21H,1-5H3,(H,20,22)/t13-,14+/m0/s1. The van der Waals surface area contributed by atoms with Crippen LogP contribution in [0.3, 0.4) is 0 Å². The maximum Gasteiger partial charge on any atom is 0.422 e. The second-order valence-corrected chi connectivity index (χ2v) is 7.26. The number of nitrogens with one attached hydrogen (secondary N) is 2. The van der Waals surface area contributed by atoms with E-state index in [0.29, 0.717) is 16.9 Å². The number of hydrogen-bond donors (Lipinski definition) is 3. The first kappa shape index (κ1) is 18.0. The molecule has 7 heteroatoms. The molecule has 2 atom stereocenters. The number of carbonyl (C=O) groups excluding carboxylic acids is 1. The highest BCUT2D eigenvalue weighted by Gasteiger charge is 2.43. The van der Waals surface area contributed by atoms with Crippen molar-refractivity contribution in [3.63, 3.8) is 0 Å². The molecular weight excluding hydrogens is 310 g/mol. The van der Waals surface area contributed by atoms with E-state index in [4.69, 9.17) is 14.7 Å². The zero-order chi connectivity index (χ0) is 18.1. The minimum atomic E-state index is -0.950. The summed E-state index contributed by atoms with van der Waals surface area (Å²) in [5.74, 6) is 0.549. The summed E-state index contributed by atoms with van der Waals surface area (Å²) in [4.78, 5) is 11.8. The van der Waals surface area contributed by atoms with Crippen LogP contribution < -0.4 is 15.6 Å². The van der Waals surface area contributed by atoms with Crippen molar-refractivity contribution in [2.45, 2.75) is 58.0 Å². The summed E-state index contributed by atoms with van der Waals surface area (Å²) < 4.78 is 11.0. The Hall–Kier alpha value is -2.30. The molecule has 0 unspecified atom stereocenters. The number of benzene rings is 1. The Labute approximate surface area is 141 Å². The summed E-state index contributed by atoms with van der Waals surface area (Å²) in [5.41, 5.74) is 4.77. The third-order valence-corrected chi connectivity index (χ3v) is 3.60. The Bertz CT molecular complexity index is 673. The highest BCUT2D eigenvalue weighted by Crippen LogP contribution is 2.39. The van der Waals surface area contributed by atoms with Crippen LogP contribution in [0.1, 0.15) is 51.8 Å². The summed E-state index contributed by atoms with van der Waals surface area (Å²) in [7, 11) is 0. The second kappa shape index (κ2) is 6.30. The Balaban J connectivity index is 2.24. The van der Waals surface area contributed by atoms with Crippen LogP contribution in [0.2, 0.25) is 0 Å². The Morgan fingerprint density at radius 1 is 1.42 bits per heavy atom. The van der Waals surface area contributed by atoms with Gasteiger partial charge in [-0.05, 0) is 52.8 Å². The van der Waals surface area contributed by atoms with Gasteiger partial charge in [-0.25, -0.2) is 10.2 Å². The maximum absolute atomic E-state index is 11.8. The van der Waals surface area contributed by atoms with Gasteiger partial charge in [0, 0.05) is 5.56 Å². The van der Waals surface area contributed by atoms with Crippen LogP contribution in [-0.4, -0.2) is 28.5 Å². The topological polar surface area (TPSA) is 104 Å². The van der Waals surface area contributed by atoms with E-state index in [2.05, 4.69) is 16.9 Å². The molecule has 0 aliphatic carbocycles. The summed E-state index contributed by atoms with van der Waals surface area (Å²) in [6.45, 7) is 8.77. The number of aliphatic hydroxyl groups is 1. The highest BCUT2D eigenvalue weighted by molar-refractivity contribution is 5.67. The monoisotopic (exact) mass is 333 g/mol. The maximum atomic E-state index is 11.8. The lowest BCUT2D eigenvalue weighted by atomic mass is 9.86. The summed E-state index contributed by atoms with van der Waals surface area (Å²) in [6, 6.07) is 6.36. The van der Waals surface area contributed by atoms with Crippen molar-refractivity contribution in [1.29, 1.82) is 5.26 Å². The number of ether oxygens (including phenoxy) is 2. The molecular formula is C17H23N3O4. The first-order chi connectivity index (χ1) is 11.0. The molecule has 24 heavy (non-hydrogen) atoms. The minimum Gasteiger partial charge on any atom is -0.485 e. The first-order valence-corrected chi connectivity index (χ1v) is 7.69. The molecule has 0 spiro atoms. The van der Waals surface area contributed by atoms with Gasteiger partial charge in [0.05, 0.1) is 17.7 Å². The van der Waals surface area contributed by atoms with Crippen LogP contribution in [0.15, 0.2) is 18.2 Å². The molecule has 0 radical (unpaired) electrons. The molecule has 0 saturated heterocycles. The van der Waals surface area contributed by atoms with Crippen LogP contribution >= 0.6 is 0 Å². The Morgan fingerprint density at radius 2 is 2.08 bits per heavy atom. The number of nitrogens with zero attached hydrogens (tertiary/aromatic N) is 1. The van der Waals surface area contributed by atoms with Crippen molar-refractivity contribution in [3.05, 3.63) is 29.3 Å². The van der Waals surface area contributed by atoms with Crippen LogP contribution in [-0.2, 0) is 4.74 Å². The van der Waals surface area contributed by atoms with Gasteiger partial charge in [-0.15, -0.1) is 0 Å². The van der Waals surface area contributed by atoms with Gasteiger partial charge in [0.25, 0.3) is 0 Å². The molecule has 1 aliphatic rings. The van der Waals surface area contributed by atoms with Crippen molar-refractivity contribution in [2.24, 2.45) is 0 Å². The molecule has 0 aromatic heterocycles. The quantitative estimate of drug-likeness (QED) is 0.717. The molecule has 1 aromatic rings. The van der Waals surface area contributed by atoms with Crippen molar-refractivity contribution in [2.75, 3.05) is 0 Å². The van der Waals surface area contributed by atoms with Gasteiger partial charge in [-0.2, -0.15) is 5.26 Å². The molecule has 0 fully saturated rings. The van der Waals surface area contributed by atoms with Crippen LogP contribution in [0, 0.1) is 11.3 Å². The number of carbonyl (C=O) groups is 1. The number of hydrogen-bond acceptors (Lipinski definition) is 6. The first-order valence-electron chi connectivity index (χ1n) is 7.69. The fraction of sp³-hybridized carbons (Fsp3) is 0.529. The average Bonchev–Trinajstić information content (AvgIpc) is 2.45. The summed E-state index contributed by atoms with van der Waals surface area (Å²) >= 11 is 0. The molecule has 3 N–H and O–H groups in total. The van der Waals surface area contributed by atoms with Gasteiger partial charge in [-0.1, -0.05) is 0 Å². The molecule has 1 aliphatic heterocycles. The van der Waals surface area contributed by atoms with Crippen LogP contribution in [0.25, 0.3) is 0 Å². The molecule has 1 amide bonds. The van der Waals surface area contributed by atoms with Crippen molar-refractivity contribution < 1.29 is 19.4 Å². The number of nitriles is 1. The predicted octanol–water partition coefficient (Wildman–Crippen LogP) is 2.16. The molecule has 1 aromatic carbocycles. The Morgan fingerprint density at radius 3 is 2.67 bits per heavy atom. The highest BCUT2D eigenvalue weighted by atomic mass is 16.6. The van der Waals surface area contributed by atoms with Crippen LogP contribution in [0.4, 0.5) is 4.79 Å². The number of amides is 1. The van der Waals surface area contributed by atoms with Crippen molar-refractivity contribution in [3.8, 4) is 11.8 Å². The number of fused-ring (bicyclic) bond motifs is 1. The molecule has 7 nitrogen and oxygen atoms in total. The largest absolute Gasteiger partial charge is 0.485 e. The van der Waals surface area contributed by atoms with Gasteiger partial charge < -0.3 is 14.6 Å². The van der Waals surface area contributed by atoms with E-state index in [1.807, 2.05) is 0 Å². The normalized spacial score (nSPS) is 21.9. The lowest BCUT2D eigenvalue weighted by Crippen LogP contribution is -2.56. The van der Waals surface area contributed by atoms with E-state index < -0.39 is 29.4 Å². The fourth-order valence-electron chi connectivity index (χ4n) is 2.47. The summed E-state index contributed by atoms with van der Waals surface area (Å²) in [5, 5.41) is 19.7. The number of hydrazine groups is 1. The number of aliphatic hydroxyl groups excluding tert-OH is 1. The van der Waals surface area contributed by atoms with E-state index in [1.165, 1.54) is 0 Å². The molecule has 0 saturated carbocycles. The average molecular weight is 333 g/mol. The van der Waals surface area contributed by atoms with Crippen molar-refractivity contribution in [1.82, 2.24) is 10.9 Å². The van der Waals surface area contributed by atoms with Gasteiger partial charge in [-0.3, -0.25) is 5.43 Å². The predicted molar refractivity (Wildman–Crippen MR) is 87.1 cm³/mol. The van der Waals surface area contributed by atoms with Gasteiger partial charge >= 0.3 is 6.09 Å². The van der Waals surface area contributed by atoms with Crippen LogP contribution in [0.5, 0.6) is 5.75 Å². The Kier molecular flexibility index (Phi) is 4.74. The molecule has 2 rings (SSSR count). The summed E-state index contributed by atoms with van der Waals surface area (Å²) in [6.07, 6.45) is -1.61. The van der Waals surface area contributed by atoms with Gasteiger partial charge in [0.15, 0.2) is 0 Å². The second-order valence-electron chi connectivity index (χ2n) is 7.26. The van der Waals surface area contributed by atoms with E-state index in [9.17, 15) is 9.90 Å². The van der Waals surface area contributed by atoms with E-state index in [1.54, 1.807) is 52.8 Å². The molecule has 0 bridgehead atoms. The van der Waals surface area contributed by atoms with Crippen molar-refractivity contribution >= 4 is 6.09 Å². The van der Waals surface area contributed by atoms with Gasteiger partial charge in [0.1, 0.15) is 23.1 Å². The SMILES string of the molecule is CC(C)(C)OC(=O)NN[C@H]1c2cc(C#N)ccc2OC(C)(C)[C@@H]1O. The van der Waals surface area contributed by atoms with E-state index in [0.717, 1.165) is 0 Å². The zero-order valence-corrected chi connectivity index (χ0v) is 14.5. The van der Waals surface area contributed by atoms with E-state index in [-0.39, 0.29) is 0 Å². The molecule has 130 valence electrons. The lowest BCUT2D eigenvalue weighted by Gasteiger charge is -2.42. The third kappa shape index (κ3) is 3.96. The number of rotatable bonds is 2.